The van der Waals surface area contributed by atoms with Crippen LogP contribution in [0.2, 0.25) is 0 Å². The number of aromatic nitrogens is 2. The number of imidazole rings is 1. The SMILES string of the molecule is CCOC(=O)NC(=S)Nc1cc2nc[nH]c2cc1NC(=S)NC(=O)OCC. The van der Waals surface area contributed by atoms with Crippen molar-refractivity contribution in [2.75, 3.05) is 23.8 Å². The number of anilines is 2. The monoisotopic (exact) mass is 410 g/mol. The number of nitrogens with zero attached hydrogens (tertiary/aromatic N) is 1. The van der Waals surface area contributed by atoms with Crippen molar-refractivity contribution in [3.63, 3.8) is 0 Å². The topological polar surface area (TPSA) is 129 Å². The third kappa shape index (κ3) is 6.04. The van der Waals surface area contributed by atoms with Crippen molar-refractivity contribution in [2.24, 2.45) is 0 Å². The molecule has 5 N–H and O–H groups in total. The molecule has 2 amide bonds. The number of thiocarbonyl (C=S) groups is 2. The molecule has 1 aromatic carbocycles. The minimum absolute atomic E-state index is 0.0238. The van der Waals surface area contributed by atoms with Gasteiger partial charge >= 0.3 is 12.2 Å². The van der Waals surface area contributed by atoms with Crippen LogP contribution in [0.4, 0.5) is 21.0 Å². The summed E-state index contributed by atoms with van der Waals surface area (Å²) in [4.78, 5) is 30.1. The van der Waals surface area contributed by atoms with E-state index in [0.29, 0.717) is 16.9 Å². The smallest absolute Gasteiger partial charge is 0.413 e. The number of amides is 2. The second-order valence-electron chi connectivity index (χ2n) is 4.92. The lowest BCUT2D eigenvalue weighted by Crippen LogP contribution is -2.36. The molecular weight excluding hydrogens is 392 g/mol. The van der Waals surface area contributed by atoms with Crippen LogP contribution in [0.5, 0.6) is 0 Å². The summed E-state index contributed by atoms with van der Waals surface area (Å²) in [6.07, 6.45) is 0.180. The number of aromatic amines is 1. The lowest BCUT2D eigenvalue weighted by molar-refractivity contribution is 0.157. The predicted octanol–water partition coefficient (Wildman–Crippen LogP) is 2.45. The van der Waals surface area contributed by atoms with E-state index in [4.69, 9.17) is 33.9 Å². The summed E-state index contributed by atoms with van der Waals surface area (Å²) >= 11 is 10.2. The standard InChI is InChI=1S/C15H18N6O4S2/c1-3-24-14(22)20-12(26)18-10-5-8-9(17-7-16-8)6-11(10)19-13(27)21-15(23)25-4-2/h5-7H,3-4H2,1-2H3,(H,16,17)(H2,18,20,22,26)(H2,19,21,23,27). The summed E-state index contributed by atoms with van der Waals surface area (Å²) in [6.45, 7) is 3.80. The number of H-pyrrole nitrogens is 1. The molecule has 0 radical (unpaired) electrons. The quantitative estimate of drug-likeness (QED) is 0.483. The van der Waals surface area contributed by atoms with Crippen LogP contribution in [0.25, 0.3) is 11.0 Å². The molecule has 27 heavy (non-hydrogen) atoms. The number of alkyl carbamates (subject to hydrolysis) is 2. The van der Waals surface area contributed by atoms with E-state index in [1.54, 1.807) is 26.0 Å². The third-order valence-electron chi connectivity index (χ3n) is 3.04. The molecule has 0 unspecified atom stereocenters. The van der Waals surface area contributed by atoms with Crippen LogP contribution in [0, 0.1) is 0 Å². The second-order valence-corrected chi connectivity index (χ2v) is 5.73. The molecule has 0 aliphatic heterocycles. The highest BCUT2D eigenvalue weighted by Gasteiger charge is 2.13. The second kappa shape index (κ2) is 9.64. The van der Waals surface area contributed by atoms with E-state index in [1.165, 1.54) is 6.33 Å². The van der Waals surface area contributed by atoms with Gasteiger partial charge < -0.3 is 25.1 Å². The molecule has 0 saturated carbocycles. The summed E-state index contributed by atoms with van der Waals surface area (Å²) in [5, 5.41) is 10.6. The Morgan fingerprint density at radius 3 is 2.04 bits per heavy atom. The van der Waals surface area contributed by atoms with Gasteiger partial charge in [-0.25, -0.2) is 14.6 Å². The Morgan fingerprint density at radius 2 is 1.52 bits per heavy atom. The Kier molecular flexibility index (Phi) is 7.25. The molecule has 0 aliphatic carbocycles. The highest BCUT2D eigenvalue weighted by Crippen LogP contribution is 2.27. The maximum atomic E-state index is 11.5. The van der Waals surface area contributed by atoms with Crippen LogP contribution in [-0.2, 0) is 9.47 Å². The van der Waals surface area contributed by atoms with Gasteiger partial charge in [-0.2, -0.15) is 0 Å². The molecule has 2 rings (SSSR count). The maximum absolute atomic E-state index is 11.5. The zero-order chi connectivity index (χ0) is 19.8. The summed E-state index contributed by atoms with van der Waals surface area (Å²) in [5.74, 6) is 0. The lowest BCUT2D eigenvalue weighted by atomic mass is 10.2. The van der Waals surface area contributed by atoms with Gasteiger partial charge in [0, 0.05) is 0 Å². The summed E-state index contributed by atoms with van der Waals surface area (Å²) in [5.41, 5.74) is 2.35. The molecule has 2 aromatic rings. The maximum Gasteiger partial charge on any atom is 0.413 e. The molecule has 0 spiro atoms. The fourth-order valence-electron chi connectivity index (χ4n) is 2.02. The lowest BCUT2D eigenvalue weighted by Gasteiger charge is -2.16. The zero-order valence-electron chi connectivity index (χ0n) is 14.5. The Bertz CT molecular complexity index is 801. The van der Waals surface area contributed by atoms with E-state index in [2.05, 4.69) is 31.2 Å². The number of ether oxygens (including phenoxy) is 2. The summed E-state index contributed by atoms with van der Waals surface area (Å²) in [7, 11) is 0. The fourth-order valence-corrected chi connectivity index (χ4v) is 2.40. The van der Waals surface area contributed by atoms with Gasteiger partial charge in [-0.15, -0.1) is 0 Å². The van der Waals surface area contributed by atoms with Crippen LogP contribution in [0.3, 0.4) is 0 Å². The number of carbonyl (C=O) groups is 2. The van der Waals surface area contributed by atoms with E-state index in [1.807, 2.05) is 0 Å². The van der Waals surface area contributed by atoms with Gasteiger partial charge in [0.05, 0.1) is 41.9 Å². The van der Waals surface area contributed by atoms with E-state index in [0.717, 1.165) is 5.52 Å². The highest BCUT2D eigenvalue weighted by molar-refractivity contribution is 7.80. The predicted molar refractivity (Wildman–Crippen MR) is 109 cm³/mol. The molecule has 0 aliphatic rings. The first-order chi connectivity index (χ1) is 12.9. The van der Waals surface area contributed by atoms with Gasteiger partial charge in [-0.3, -0.25) is 10.6 Å². The van der Waals surface area contributed by atoms with Crippen molar-refractivity contribution in [3.8, 4) is 0 Å². The molecule has 10 nitrogen and oxygen atoms in total. The molecule has 12 heteroatoms. The number of fused-ring (bicyclic) bond motifs is 1. The Balaban J connectivity index is 2.17. The van der Waals surface area contributed by atoms with Crippen molar-refractivity contribution in [2.45, 2.75) is 13.8 Å². The van der Waals surface area contributed by atoms with Crippen LogP contribution in [0.15, 0.2) is 18.5 Å². The van der Waals surface area contributed by atoms with Crippen molar-refractivity contribution >= 4 is 69.3 Å². The zero-order valence-corrected chi connectivity index (χ0v) is 16.2. The van der Waals surface area contributed by atoms with Gasteiger partial charge in [0.25, 0.3) is 0 Å². The molecule has 0 saturated heterocycles. The average Bonchev–Trinajstić information content (AvgIpc) is 3.02. The first-order valence-electron chi connectivity index (χ1n) is 7.89. The molecule has 0 bridgehead atoms. The fraction of sp³-hybridized carbons (Fsp3) is 0.267. The van der Waals surface area contributed by atoms with E-state index >= 15 is 0 Å². The molecule has 0 atom stereocenters. The van der Waals surface area contributed by atoms with Crippen LogP contribution in [0.1, 0.15) is 13.8 Å². The summed E-state index contributed by atoms with van der Waals surface area (Å²) < 4.78 is 9.55. The number of hydrogen-bond acceptors (Lipinski definition) is 7. The molecule has 144 valence electrons. The van der Waals surface area contributed by atoms with E-state index in [9.17, 15) is 9.59 Å². The van der Waals surface area contributed by atoms with Crippen LogP contribution < -0.4 is 21.3 Å². The van der Waals surface area contributed by atoms with E-state index < -0.39 is 12.2 Å². The number of carbonyl (C=O) groups excluding carboxylic acids is 2. The van der Waals surface area contributed by atoms with Crippen molar-refractivity contribution in [3.05, 3.63) is 18.5 Å². The number of benzene rings is 1. The third-order valence-corrected chi connectivity index (χ3v) is 3.45. The van der Waals surface area contributed by atoms with Gasteiger partial charge in [0.1, 0.15) is 0 Å². The van der Waals surface area contributed by atoms with Gasteiger partial charge in [-0.05, 0) is 50.4 Å². The van der Waals surface area contributed by atoms with Gasteiger partial charge in [-0.1, -0.05) is 0 Å². The molecule has 1 heterocycles. The van der Waals surface area contributed by atoms with Crippen molar-refractivity contribution in [1.29, 1.82) is 0 Å². The van der Waals surface area contributed by atoms with Crippen molar-refractivity contribution in [1.82, 2.24) is 20.6 Å². The Labute approximate surface area is 165 Å². The van der Waals surface area contributed by atoms with Gasteiger partial charge in [0.15, 0.2) is 10.2 Å². The van der Waals surface area contributed by atoms with Crippen LogP contribution >= 0.6 is 24.4 Å². The first-order valence-corrected chi connectivity index (χ1v) is 8.71. The highest BCUT2D eigenvalue weighted by atomic mass is 32.1. The minimum atomic E-state index is -0.676. The van der Waals surface area contributed by atoms with Crippen LogP contribution in [-0.4, -0.2) is 45.6 Å². The Hall–Kier alpha value is -2.99. The van der Waals surface area contributed by atoms with Crippen molar-refractivity contribution < 1.29 is 19.1 Å². The molecular formula is C15H18N6O4S2. The molecule has 0 fully saturated rings. The first kappa shape index (κ1) is 20.3. The minimum Gasteiger partial charge on any atom is -0.450 e. The largest absolute Gasteiger partial charge is 0.450 e. The van der Waals surface area contributed by atoms with Gasteiger partial charge in [0.2, 0.25) is 0 Å². The average molecular weight is 410 g/mol. The van der Waals surface area contributed by atoms with E-state index in [-0.39, 0.29) is 23.4 Å². The molecule has 1 aromatic heterocycles. The Morgan fingerprint density at radius 1 is 1.00 bits per heavy atom. The number of hydrogen-bond donors (Lipinski definition) is 5. The summed E-state index contributed by atoms with van der Waals surface area (Å²) in [6, 6.07) is 3.41. The normalized spacial score (nSPS) is 10.0. The number of nitrogens with one attached hydrogen (secondary N) is 5. The number of rotatable bonds is 4.